The monoisotopic (exact) mass is 200 g/mol. The second-order valence-corrected chi connectivity index (χ2v) is 3.25. The molecule has 1 aliphatic rings. The van der Waals surface area contributed by atoms with Crippen molar-refractivity contribution in [1.82, 2.24) is 10.2 Å². The van der Waals surface area contributed by atoms with Crippen LogP contribution in [0.15, 0.2) is 6.20 Å². The van der Waals surface area contributed by atoms with E-state index in [-0.39, 0.29) is 5.92 Å². The van der Waals surface area contributed by atoms with Crippen molar-refractivity contribution in [3.63, 3.8) is 0 Å². The molecule has 0 N–H and O–H groups in total. The number of halogens is 1. The maximum Gasteiger partial charge on any atom is 0.162 e. The Morgan fingerprint density at radius 2 is 2.38 bits per heavy atom. The van der Waals surface area contributed by atoms with E-state index in [9.17, 15) is 0 Å². The van der Waals surface area contributed by atoms with Crippen LogP contribution in [0.5, 0.6) is 5.75 Å². The van der Waals surface area contributed by atoms with Crippen LogP contribution in [0.1, 0.15) is 11.6 Å². The quantitative estimate of drug-likeness (QED) is 0.721. The van der Waals surface area contributed by atoms with Crippen molar-refractivity contribution >= 4 is 11.6 Å². The average molecular weight is 201 g/mol. The summed E-state index contributed by atoms with van der Waals surface area (Å²) in [5.74, 6) is 0.895. The minimum absolute atomic E-state index is 0.279. The van der Waals surface area contributed by atoms with Crippen LogP contribution >= 0.6 is 11.6 Å². The molecule has 0 radical (unpaired) electrons. The molecule has 1 saturated heterocycles. The number of ether oxygens (including phenoxy) is 2. The normalized spacial score (nSPS) is 16.8. The fourth-order valence-corrected chi connectivity index (χ4v) is 1.45. The Balaban J connectivity index is 2.37. The van der Waals surface area contributed by atoms with E-state index in [1.807, 2.05) is 0 Å². The lowest BCUT2D eigenvalue weighted by Crippen LogP contribution is -2.26. The van der Waals surface area contributed by atoms with Crippen molar-refractivity contribution < 1.29 is 9.47 Å². The minimum atomic E-state index is 0.279. The molecule has 0 amide bonds. The Morgan fingerprint density at radius 3 is 2.92 bits per heavy atom. The van der Waals surface area contributed by atoms with E-state index in [0.29, 0.717) is 24.0 Å². The predicted octanol–water partition coefficient (Wildman–Crippen LogP) is 1.25. The number of rotatable bonds is 2. The van der Waals surface area contributed by atoms with Crippen LogP contribution in [0, 0.1) is 0 Å². The topological polar surface area (TPSA) is 44.2 Å². The molecule has 0 bridgehead atoms. The van der Waals surface area contributed by atoms with Gasteiger partial charge in [0.25, 0.3) is 0 Å². The van der Waals surface area contributed by atoms with Gasteiger partial charge in [-0.25, -0.2) is 0 Å². The third kappa shape index (κ3) is 1.47. The van der Waals surface area contributed by atoms with E-state index in [0.717, 1.165) is 5.69 Å². The van der Waals surface area contributed by atoms with Crippen LogP contribution in [0.25, 0.3) is 0 Å². The van der Waals surface area contributed by atoms with E-state index in [2.05, 4.69) is 10.2 Å². The third-order valence-corrected chi connectivity index (χ3v) is 2.28. The average Bonchev–Trinajstić information content (AvgIpc) is 2.01. The van der Waals surface area contributed by atoms with Gasteiger partial charge in [0.15, 0.2) is 5.75 Å². The van der Waals surface area contributed by atoms with Crippen molar-refractivity contribution in [3.05, 3.63) is 16.9 Å². The highest BCUT2D eigenvalue weighted by atomic mass is 35.5. The molecule has 0 atom stereocenters. The van der Waals surface area contributed by atoms with E-state index in [4.69, 9.17) is 21.1 Å². The zero-order valence-corrected chi connectivity index (χ0v) is 7.91. The van der Waals surface area contributed by atoms with Crippen molar-refractivity contribution in [1.29, 1.82) is 0 Å². The van der Waals surface area contributed by atoms with E-state index < -0.39 is 0 Å². The Morgan fingerprint density at radius 1 is 1.62 bits per heavy atom. The number of nitrogens with zero attached hydrogens (tertiary/aromatic N) is 2. The molecule has 0 spiro atoms. The summed E-state index contributed by atoms with van der Waals surface area (Å²) in [6.45, 7) is 1.34. The largest absolute Gasteiger partial charge is 0.493 e. The van der Waals surface area contributed by atoms with Gasteiger partial charge in [-0.3, -0.25) is 0 Å². The first kappa shape index (κ1) is 8.72. The summed E-state index contributed by atoms with van der Waals surface area (Å²) in [5.41, 5.74) is 0.793. The molecule has 0 unspecified atom stereocenters. The van der Waals surface area contributed by atoms with Crippen LogP contribution in [0.4, 0.5) is 0 Å². The summed E-state index contributed by atoms with van der Waals surface area (Å²) >= 11 is 5.89. The second-order valence-electron chi connectivity index (χ2n) is 2.85. The summed E-state index contributed by atoms with van der Waals surface area (Å²) in [6.07, 6.45) is 1.48. The molecule has 2 heterocycles. The summed E-state index contributed by atoms with van der Waals surface area (Å²) in [7, 11) is 1.58. The van der Waals surface area contributed by atoms with Gasteiger partial charge in [-0.2, -0.15) is 10.2 Å². The zero-order chi connectivity index (χ0) is 9.26. The van der Waals surface area contributed by atoms with Gasteiger partial charge in [0.1, 0.15) is 10.7 Å². The van der Waals surface area contributed by atoms with Gasteiger partial charge >= 0.3 is 0 Å². The lowest BCUT2D eigenvalue weighted by molar-refractivity contribution is 0.00537. The van der Waals surface area contributed by atoms with Crippen LogP contribution in [-0.4, -0.2) is 30.5 Å². The molecule has 0 aromatic carbocycles. The Bertz CT molecular complexity index is 315. The summed E-state index contributed by atoms with van der Waals surface area (Å²) in [5, 5.41) is 8.27. The fraction of sp³-hybridized carbons (Fsp3) is 0.500. The second kappa shape index (κ2) is 3.47. The third-order valence-electron chi connectivity index (χ3n) is 2.01. The van der Waals surface area contributed by atoms with Gasteiger partial charge in [0.2, 0.25) is 0 Å². The lowest BCUT2D eigenvalue weighted by atomic mass is 10.0. The molecule has 1 aliphatic heterocycles. The van der Waals surface area contributed by atoms with E-state index >= 15 is 0 Å². The molecular weight excluding hydrogens is 192 g/mol. The SMILES string of the molecule is COc1c(Cl)cnnc1C1COC1. The predicted molar refractivity (Wildman–Crippen MR) is 47.2 cm³/mol. The van der Waals surface area contributed by atoms with Gasteiger partial charge in [-0.15, -0.1) is 0 Å². The molecule has 70 valence electrons. The molecular formula is C8H9ClN2O2. The number of hydrogen-bond donors (Lipinski definition) is 0. The van der Waals surface area contributed by atoms with Gasteiger partial charge < -0.3 is 9.47 Å². The molecule has 0 aliphatic carbocycles. The lowest BCUT2D eigenvalue weighted by Gasteiger charge is -2.26. The minimum Gasteiger partial charge on any atom is -0.493 e. The van der Waals surface area contributed by atoms with Crippen molar-refractivity contribution in [2.24, 2.45) is 0 Å². The van der Waals surface area contributed by atoms with Crippen LogP contribution in [0.2, 0.25) is 5.02 Å². The van der Waals surface area contributed by atoms with E-state index in [1.165, 1.54) is 6.20 Å². The summed E-state index contributed by atoms with van der Waals surface area (Å²) in [6, 6.07) is 0. The van der Waals surface area contributed by atoms with Gasteiger partial charge in [0, 0.05) is 0 Å². The smallest absolute Gasteiger partial charge is 0.162 e. The Hall–Kier alpha value is -0.870. The van der Waals surface area contributed by atoms with Crippen LogP contribution in [-0.2, 0) is 4.74 Å². The van der Waals surface area contributed by atoms with Gasteiger partial charge in [-0.05, 0) is 0 Å². The Kier molecular flexibility index (Phi) is 2.33. The fourth-order valence-electron chi connectivity index (χ4n) is 1.23. The first-order valence-corrected chi connectivity index (χ1v) is 4.33. The molecule has 1 fully saturated rings. The molecule has 4 nitrogen and oxygen atoms in total. The maximum absolute atomic E-state index is 5.89. The highest BCUT2D eigenvalue weighted by Crippen LogP contribution is 2.33. The van der Waals surface area contributed by atoms with Crippen molar-refractivity contribution in [2.75, 3.05) is 20.3 Å². The van der Waals surface area contributed by atoms with Crippen molar-refractivity contribution in [3.8, 4) is 5.75 Å². The summed E-state index contributed by atoms with van der Waals surface area (Å²) < 4.78 is 10.2. The molecule has 1 aromatic rings. The first-order chi connectivity index (χ1) is 6.33. The Labute approximate surface area is 80.8 Å². The number of methoxy groups -OCH3 is 1. The molecule has 1 aromatic heterocycles. The molecule has 13 heavy (non-hydrogen) atoms. The van der Waals surface area contributed by atoms with Gasteiger partial charge in [-0.1, -0.05) is 11.6 Å². The summed E-state index contributed by atoms with van der Waals surface area (Å²) in [4.78, 5) is 0. The zero-order valence-electron chi connectivity index (χ0n) is 7.16. The highest BCUT2D eigenvalue weighted by Gasteiger charge is 2.27. The van der Waals surface area contributed by atoms with Crippen molar-refractivity contribution in [2.45, 2.75) is 5.92 Å². The number of aromatic nitrogens is 2. The molecule has 0 saturated carbocycles. The van der Waals surface area contributed by atoms with Crippen LogP contribution < -0.4 is 4.74 Å². The highest BCUT2D eigenvalue weighted by molar-refractivity contribution is 6.32. The first-order valence-electron chi connectivity index (χ1n) is 3.95. The molecule has 2 rings (SSSR count). The van der Waals surface area contributed by atoms with E-state index in [1.54, 1.807) is 7.11 Å². The molecule has 5 heteroatoms. The van der Waals surface area contributed by atoms with Gasteiger partial charge in [0.05, 0.1) is 32.4 Å². The number of hydrogen-bond acceptors (Lipinski definition) is 4. The standard InChI is InChI=1S/C8H9ClN2O2/c1-12-8-6(9)2-10-11-7(8)5-3-13-4-5/h2,5H,3-4H2,1H3. The maximum atomic E-state index is 5.89. The van der Waals surface area contributed by atoms with Crippen LogP contribution in [0.3, 0.4) is 0 Å².